The lowest BCUT2D eigenvalue weighted by Gasteiger charge is -2.35. The molecule has 2 atom stereocenters. The summed E-state index contributed by atoms with van der Waals surface area (Å²) in [6.07, 6.45) is 7.37. The minimum absolute atomic E-state index is 0.113. The van der Waals surface area contributed by atoms with Gasteiger partial charge < -0.3 is 20.3 Å². The average Bonchev–Trinajstić information content (AvgIpc) is 3.60. The molecule has 5 rings (SSSR count). The zero-order chi connectivity index (χ0) is 26.8. The fourth-order valence-corrected chi connectivity index (χ4v) is 5.91. The van der Waals surface area contributed by atoms with Crippen molar-refractivity contribution in [2.45, 2.75) is 70.5 Å². The number of carbonyl (C=O) groups excluding carboxylic acids is 2. The summed E-state index contributed by atoms with van der Waals surface area (Å²) in [5, 5.41) is 16.8. The molecule has 1 aromatic carbocycles. The largest absolute Gasteiger partial charge is 0.387 e. The van der Waals surface area contributed by atoms with Crippen molar-refractivity contribution in [2.24, 2.45) is 5.92 Å². The van der Waals surface area contributed by atoms with Crippen LogP contribution in [0.3, 0.4) is 0 Å². The van der Waals surface area contributed by atoms with Crippen LogP contribution < -0.4 is 5.32 Å². The number of nitrogens with zero attached hydrogens (tertiary/aromatic N) is 4. The van der Waals surface area contributed by atoms with Gasteiger partial charge in [0.15, 0.2) is 5.82 Å². The Morgan fingerprint density at radius 2 is 2.03 bits per heavy atom. The lowest BCUT2D eigenvalue weighted by atomic mass is 9.81. The number of halogens is 1. The number of nitrogens with one attached hydrogen (secondary N) is 2. The molecule has 0 spiro atoms. The summed E-state index contributed by atoms with van der Waals surface area (Å²) in [7, 11) is 0. The first-order chi connectivity index (χ1) is 18.4. The van der Waals surface area contributed by atoms with E-state index in [0.717, 1.165) is 38.5 Å². The summed E-state index contributed by atoms with van der Waals surface area (Å²) in [5.74, 6) is -0.498. The third kappa shape index (κ3) is 4.97. The Morgan fingerprint density at radius 1 is 1.24 bits per heavy atom. The van der Waals surface area contributed by atoms with Crippen LogP contribution in [0.5, 0.6) is 0 Å². The van der Waals surface area contributed by atoms with Gasteiger partial charge in [-0.25, -0.2) is 9.37 Å². The highest BCUT2D eigenvalue weighted by Gasteiger charge is 2.33. The quantitative estimate of drug-likeness (QED) is 0.403. The Kier molecular flexibility index (Phi) is 7.60. The second kappa shape index (κ2) is 11.1. The van der Waals surface area contributed by atoms with Crippen molar-refractivity contribution in [1.82, 2.24) is 30.0 Å². The Labute approximate surface area is 221 Å². The first-order valence-corrected chi connectivity index (χ1v) is 13.5. The molecular formula is C28H35FN6O3. The summed E-state index contributed by atoms with van der Waals surface area (Å²) in [4.78, 5) is 35.1. The number of aromatic nitrogens is 4. The first-order valence-electron chi connectivity index (χ1n) is 13.5. The number of hydrogen-bond acceptors (Lipinski definition) is 5. The van der Waals surface area contributed by atoms with Gasteiger partial charge in [-0.05, 0) is 69.9 Å². The summed E-state index contributed by atoms with van der Waals surface area (Å²) < 4.78 is 17.6. The Balaban J connectivity index is 1.50. The Bertz CT molecular complexity index is 1340. The van der Waals surface area contributed by atoms with Gasteiger partial charge in [-0.15, -0.1) is 0 Å². The highest BCUT2D eigenvalue weighted by molar-refractivity contribution is 5.92. The van der Waals surface area contributed by atoms with Crippen LogP contribution in [0.4, 0.5) is 4.39 Å². The summed E-state index contributed by atoms with van der Waals surface area (Å²) in [6, 6.07) is 4.29. The second-order valence-corrected chi connectivity index (χ2v) is 10.3. The van der Waals surface area contributed by atoms with Crippen LogP contribution in [0.15, 0.2) is 36.5 Å². The lowest BCUT2D eigenvalue weighted by molar-refractivity contribution is -0.138. The maximum atomic E-state index is 16.0. The van der Waals surface area contributed by atoms with E-state index in [4.69, 9.17) is 0 Å². The minimum atomic E-state index is -0.598. The zero-order valence-corrected chi connectivity index (χ0v) is 21.8. The molecule has 3 aromatic rings. The highest BCUT2D eigenvalue weighted by atomic mass is 19.1. The Morgan fingerprint density at radius 3 is 2.76 bits per heavy atom. The molecule has 202 valence electrons. The molecule has 2 amide bonds. The number of imidazole rings is 1. The molecule has 3 N–H and O–H groups in total. The number of likely N-dealkylation sites (tertiary alicyclic amines) is 1. The molecule has 38 heavy (non-hydrogen) atoms. The number of aliphatic hydroxyl groups is 1. The summed E-state index contributed by atoms with van der Waals surface area (Å²) >= 11 is 0. The molecule has 1 saturated carbocycles. The van der Waals surface area contributed by atoms with Crippen LogP contribution in [0, 0.1) is 11.7 Å². The van der Waals surface area contributed by atoms with Crippen LogP contribution in [0.25, 0.3) is 11.0 Å². The number of aryl methyl sites for hydroxylation is 1. The normalized spacial score (nSPS) is 19.6. The number of fused-ring (bicyclic) bond motifs is 1. The third-order valence-corrected chi connectivity index (χ3v) is 8.00. The monoisotopic (exact) mass is 522 g/mol. The van der Waals surface area contributed by atoms with Gasteiger partial charge in [0.1, 0.15) is 23.6 Å². The van der Waals surface area contributed by atoms with E-state index in [0.29, 0.717) is 42.1 Å². The van der Waals surface area contributed by atoms with Gasteiger partial charge in [-0.1, -0.05) is 18.2 Å². The average molecular weight is 523 g/mol. The molecule has 9 nitrogen and oxygen atoms in total. The van der Waals surface area contributed by atoms with Crippen LogP contribution >= 0.6 is 0 Å². The highest BCUT2D eigenvalue weighted by Crippen LogP contribution is 2.38. The number of hydrogen-bond donors (Lipinski definition) is 3. The minimum Gasteiger partial charge on any atom is -0.387 e. The molecule has 2 fully saturated rings. The van der Waals surface area contributed by atoms with Crippen LogP contribution in [0.1, 0.15) is 85.8 Å². The van der Waals surface area contributed by atoms with E-state index in [1.165, 1.54) is 5.57 Å². The number of benzene rings is 1. The second-order valence-electron chi connectivity index (χ2n) is 10.3. The number of aromatic amines is 1. The van der Waals surface area contributed by atoms with Crippen molar-refractivity contribution in [3.63, 3.8) is 0 Å². The molecule has 0 bridgehead atoms. The standard InChI is InChI=1S/C28H35FN6O3/c1-3-35-22(13-14-30-35)28(38)33-25(18-9-7-17(2)8-10-18)27-31-20-12-11-19(24(29)26(20)32-27)21-6-4-5-15-34(21)23(37)16-36/h11-14,18,21,25,36H,2-10,15-16H2,1H3,(H,31,32)(H,33,38)/t21?,25-/m0/s1. The van der Waals surface area contributed by atoms with E-state index in [2.05, 4.69) is 27.0 Å². The number of carbonyl (C=O) groups is 2. The maximum absolute atomic E-state index is 16.0. The molecule has 1 aliphatic carbocycles. The molecular weight excluding hydrogens is 487 g/mol. The fraction of sp³-hybridized carbons (Fsp3) is 0.500. The van der Waals surface area contributed by atoms with Gasteiger partial charge in [-0.2, -0.15) is 5.10 Å². The molecule has 0 radical (unpaired) electrons. The lowest BCUT2D eigenvalue weighted by Crippen LogP contribution is -2.40. The van der Waals surface area contributed by atoms with E-state index in [1.807, 2.05) is 6.92 Å². The molecule has 1 aliphatic heterocycles. The van der Waals surface area contributed by atoms with Crippen molar-refractivity contribution in [3.05, 3.63) is 59.4 Å². The van der Waals surface area contributed by atoms with Crippen molar-refractivity contribution in [1.29, 1.82) is 0 Å². The van der Waals surface area contributed by atoms with E-state index in [9.17, 15) is 14.7 Å². The maximum Gasteiger partial charge on any atom is 0.270 e. The zero-order valence-electron chi connectivity index (χ0n) is 21.8. The predicted molar refractivity (Wildman–Crippen MR) is 141 cm³/mol. The molecule has 1 saturated heterocycles. The summed E-state index contributed by atoms with van der Waals surface area (Å²) in [5.41, 5.74) is 2.80. The Hall–Kier alpha value is -3.53. The van der Waals surface area contributed by atoms with E-state index in [-0.39, 0.29) is 17.3 Å². The smallest absolute Gasteiger partial charge is 0.270 e. The van der Waals surface area contributed by atoms with E-state index >= 15 is 4.39 Å². The van der Waals surface area contributed by atoms with Crippen LogP contribution in [-0.4, -0.2) is 54.7 Å². The van der Waals surface area contributed by atoms with E-state index in [1.54, 1.807) is 34.0 Å². The van der Waals surface area contributed by atoms with Gasteiger partial charge in [0.2, 0.25) is 5.91 Å². The summed E-state index contributed by atoms with van der Waals surface area (Å²) in [6.45, 7) is 6.50. The van der Waals surface area contributed by atoms with Gasteiger partial charge in [0.25, 0.3) is 5.91 Å². The predicted octanol–water partition coefficient (Wildman–Crippen LogP) is 4.18. The number of amides is 2. The number of H-pyrrole nitrogens is 1. The molecule has 3 heterocycles. The SMILES string of the molecule is C=C1CCC([C@H](NC(=O)c2ccnn2CC)c2nc3c(F)c(C4CCCCN4C(=O)CO)ccc3[nH]2)CC1. The van der Waals surface area contributed by atoms with E-state index < -0.39 is 30.4 Å². The number of piperidine rings is 1. The van der Waals surface area contributed by atoms with Crippen molar-refractivity contribution < 1.29 is 19.1 Å². The first kappa shape index (κ1) is 26.1. The third-order valence-electron chi connectivity index (χ3n) is 8.00. The van der Waals surface area contributed by atoms with Gasteiger partial charge in [0.05, 0.1) is 17.6 Å². The topological polar surface area (TPSA) is 116 Å². The van der Waals surface area contributed by atoms with Gasteiger partial charge in [0, 0.05) is 24.8 Å². The van der Waals surface area contributed by atoms with Crippen LogP contribution in [-0.2, 0) is 11.3 Å². The molecule has 1 unspecified atom stereocenters. The van der Waals surface area contributed by atoms with Crippen molar-refractivity contribution in [2.75, 3.05) is 13.2 Å². The number of rotatable bonds is 7. The molecule has 10 heteroatoms. The van der Waals surface area contributed by atoms with Crippen molar-refractivity contribution in [3.8, 4) is 0 Å². The number of allylic oxidation sites excluding steroid dienone is 1. The van der Waals surface area contributed by atoms with Gasteiger partial charge in [-0.3, -0.25) is 14.3 Å². The van der Waals surface area contributed by atoms with Crippen molar-refractivity contribution >= 4 is 22.8 Å². The fourth-order valence-electron chi connectivity index (χ4n) is 5.91. The number of aliphatic hydroxyl groups excluding tert-OH is 1. The molecule has 2 aliphatic rings. The van der Waals surface area contributed by atoms with Crippen LogP contribution in [0.2, 0.25) is 0 Å². The molecule has 2 aromatic heterocycles. The van der Waals surface area contributed by atoms with Gasteiger partial charge >= 0.3 is 0 Å².